The largest absolute Gasteiger partial charge is 0.316 e. The second-order valence-corrected chi connectivity index (χ2v) is 5.14. The Labute approximate surface area is 103 Å². The van der Waals surface area contributed by atoms with E-state index in [9.17, 15) is 4.79 Å². The lowest BCUT2D eigenvalue weighted by molar-refractivity contribution is 0.0974. The smallest absolute Gasteiger partial charge is 0.163 e. The minimum absolute atomic E-state index is 0.304. The summed E-state index contributed by atoms with van der Waals surface area (Å²) in [5.41, 5.74) is 3.18. The third-order valence-corrected chi connectivity index (χ3v) is 3.64. The molecule has 1 atom stereocenters. The van der Waals surface area contributed by atoms with E-state index in [0.717, 1.165) is 30.6 Å². The number of benzene rings is 1. The van der Waals surface area contributed by atoms with Crippen LogP contribution in [0.2, 0.25) is 0 Å². The second-order valence-electron chi connectivity index (χ2n) is 5.14. The molecule has 1 heterocycles. The van der Waals surface area contributed by atoms with Crippen molar-refractivity contribution in [2.75, 3.05) is 13.1 Å². The van der Waals surface area contributed by atoms with Gasteiger partial charge in [-0.25, -0.2) is 0 Å². The molecule has 1 aromatic carbocycles. The standard InChI is InChI=1S/C15H21NO/c1-11-3-4-12(2)14(9-11)15(17)6-5-13-7-8-16-10-13/h3-4,9,13,16H,5-8,10H2,1-2H3. The van der Waals surface area contributed by atoms with Gasteiger partial charge in [-0.3, -0.25) is 4.79 Å². The lowest BCUT2D eigenvalue weighted by atomic mass is 9.95. The van der Waals surface area contributed by atoms with Gasteiger partial charge in [-0.2, -0.15) is 0 Å². The first-order chi connectivity index (χ1) is 8.16. The zero-order chi connectivity index (χ0) is 12.3. The van der Waals surface area contributed by atoms with E-state index in [1.54, 1.807) is 0 Å². The van der Waals surface area contributed by atoms with E-state index in [2.05, 4.69) is 11.4 Å². The van der Waals surface area contributed by atoms with E-state index < -0.39 is 0 Å². The molecule has 1 aliphatic heterocycles. The Hall–Kier alpha value is -1.15. The van der Waals surface area contributed by atoms with Gasteiger partial charge in [-0.1, -0.05) is 17.7 Å². The van der Waals surface area contributed by atoms with E-state index >= 15 is 0 Å². The summed E-state index contributed by atoms with van der Waals surface area (Å²) in [5.74, 6) is 1.00. The molecule has 0 amide bonds. The number of hydrogen-bond acceptors (Lipinski definition) is 2. The molecular formula is C15H21NO. The average molecular weight is 231 g/mol. The Morgan fingerprint density at radius 2 is 2.24 bits per heavy atom. The number of nitrogens with one attached hydrogen (secondary N) is 1. The van der Waals surface area contributed by atoms with E-state index in [0.29, 0.717) is 18.1 Å². The fraction of sp³-hybridized carbons (Fsp3) is 0.533. The fourth-order valence-corrected chi connectivity index (χ4v) is 2.47. The molecule has 92 valence electrons. The Kier molecular flexibility index (Phi) is 3.95. The third-order valence-electron chi connectivity index (χ3n) is 3.64. The summed E-state index contributed by atoms with van der Waals surface area (Å²) in [6, 6.07) is 6.12. The fourth-order valence-electron chi connectivity index (χ4n) is 2.47. The molecular weight excluding hydrogens is 210 g/mol. The highest BCUT2D eigenvalue weighted by atomic mass is 16.1. The van der Waals surface area contributed by atoms with Crippen LogP contribution in [0.25, 0.3) is 0 Å². The van der Waals surface area contributed by atoms with Crippen molar-refractivity contribution < 1.29 is 4.79 Å². The monoisotopic (exact) mass is 231 g/mol. The minimum Gasteiger partial charge on any atom is -0.316 e. The van der Waals surface area contributed by atoms with Crippen molar-refractivity contribution in [2.24, 2.45) is 5.92 Å². The van der Waals surface area contributed by atoms with Crippen LogP contribution in [0.4, 0.5) is 0 Å². The lowest BCUT2D eigenvalue weighted by Crippen LogP contribution is -2.11. The first kappa shape index (κ1) is 12.3. The number of hydrogen-bond donors (Lipinski definition) is 1. The van der Waals surface area contributed by atoms with E-state index in [1.165, 1.54) is 12.0 Å². The van der Waals surface area contributed by atoms with Gasteiger partial charge in [0, 0.05) is 12.0 Å². The Balaban J connectivity index is 1.96. The molecule has 1 saturated heterocycles. The predicted molar refractivity (Wildman–Crippen MR) is 70.5 cm³/mol. The van der Waals surface area contributed by atoms with Crippen LogP contribution < -0.4 is 5.32 Å². The summed E-state index contributed by atoms with van der Waals surface area (Å²) in [6.07, 6.45) is 2.94. The van der Waals surface area contributed by atoms with Crippen LogP contribution in [0.15, 0.2) is 18.2 Å². The van der Waals surface area contributed by atoms with Gasteiger partial charge in [0.1, 0.15) is 0 Å². The molecule has 2 heteroatoms. The van der Waals surface area contributed by atoms with Crippen molar-refractivity contribution in [3.05, 3.63) is 34.9 Å². The van der Waals surface area contributed by atoms with E-state index in [1.807, 2.05) is 26.0 Å². The topological polar surface area (TPSA) is 29.1 Å². The highest BCUT2D eigenvalue weighted by molar-refractivity contribution is 5.97. The number of Topliss-reactive ketones (excluding diaryl/α,β-unsaturated/α-hetero) is 1. The van der Waals surface area contributed by atoms with Crippen molar-refractivity contribution in [1.82, 2.24) is 5.32 Å². The van der Waals surface area contributed by atoms with Crippen molar-refractivity contribution in [1.29, 1.82) is 0 Å². The molecule has 0 spiro atoms. The molecule has 0 bridgehead atoms. The number of ketones is 1. The van der Waals surface area contributed by atoms with Gasteiger partial charge in [0.2, 0.25) is 0 Å². The molecule has 0 aromatic heterocycles. The molecule has 17 heavy (non-hydrogen) atoms. The Morgan fingerprint density at radius 1 is 1.41 bits per heavy atom. The van der Waals surface area contributed by atoms with Gasteiger partial charge in [0.25, 0.3) is 0 Å². The van der Waals surface area contributed by atoms with Crippen molar-refractivity contribution >= 4 is 5.78 Å². The summed E-state index contributed by atoms with van der Waals surface area (Å²) in [5, 5.41) is 3.35. The van der Waals surface area contributed by atoms with Gasteiger partial charge in [-0.15, -0.1) is 0 Å². The van der Waals surface area contributed by atoms with Gasteiger partial charge < -0.3 is 5.32 Å². The maximum absolute atomic E-state index is 12.2. The molecule has 1 unspecified atom stereocenters. The number of carbonyl (C=O) groups is 1. The van der Waals surface area contributed by atoms with Crippen LogP contribution >= 0.6 is 0 Å². The summed E-state index contributed by atoms with van der Waals surface area (Å²) >= 11 is 0. The lowest BCUT2D eigenvalue weighted by Gasteiger charge is -2.09. The SMILES string of the molecule is Cc1ccc(C)c(C(=O)CCC2CCNC2)c1. The average Bonchev–Trinajstić information content (AvgIpc) is 2.82. The predicted octanol–water partition coefficient (Wildman–Crippen LogP) is 2.88. The summed E-state index contributed by atoms with van der Waals surface area (Å²) in [6.45, 7) is 6.25. The highest BCUT2D eigenvalue weighted by Gasteiger charge is 2.17. The highest BCUT2D eigenvalue weighted by Crippen LogP contribution is 2.18. The maximum atomic E-state index is 12.2. The normalized spacial score (nSPS) is 19.5. The maximum Gasteiger partial charge on any atom is 0.163 e. The van der Waals surface area contributed by atoms with E-state index in [-0.39, 0.29) is 0 Å². The van der Waals surface area contributed by atoms with Crippen LogP contribution in [0.1, 0.15) is 40.7 Å². The molecule has 2 rings (SSSR count). The van der Waals surface area contributed by atoms with Crippen molar-refractivity contribution in [3.63, 3.8) is 0 Å². The van der Waals surface area contributed by atoms with E-state index in [4.69, 9.17) is 0 Å². The van der Waals surface area contributed by atoms with Gasteiger partial charge in [0.15, 0.2) is 5.78 Å². The molecule has 2 nitrogen and oxygen atoms in total. The summed E-state index contributed by atoms with van der Waals surface area (Å²) in [7, 11) is 0. The first-order valence-corrected chi connectivity index (χ1v) is 6.48. The van der Waals surface area contributed by atoms with Gasteiger partial charge in [0.05, 0.1) is 0 Å². The number of carbonyl (C=O) groups excluding carboxylic acids is 1. The number of aryl methyl sites for hydroxylation is 2. The van der Waals surface area contributed by atoms with Gasteiger partial charge in [-0.05, 0) is 57.3 Å². The summed E-state index contributed by atoms with van der Waals surface area (Å²) < 4.78 is 0. The van der Waals surface area contributed by atoms with Crippen LogP contribution in [-0.4, -0.2) is 18.9 Å². The summed E-state index contributed by atoms with van der Waals surface area (Å²) in [4.78, 5) is 12.2. The zero-order valence-corrected chi connectivity index (χ0v) is 10.8. The zero-order valence-electron chi connectivity index (χ0n) is 10.8. The Bertz CT molecular complexity index is 405. The molecule has 0 aliphatic carbocycles. The van der Waals surface area contributed by atoms with Crippen LogP contribution in [0, 0.1) is 19.8 Å². The molecule has 0 radical (unpaired) electrons. The molecule has 1 N–H and O–H groups in total. The quantitative estimate of drug-likeness (QED) is 0.807. The molecule has 1 aromatic rings. The second kappa shape index (κ2) is 5.46. The Morgan fingerprint density at radius 3 is 2.94 bits per heavy atom. The molecule has 0 saturated carbocycles. The van der Waals surface area contributed by atoms with Crippen LogP contribution in [0.5, 0.6) is 0 Å². The minimum atomic E-state index is 0.304. The third kappa shape index (κ3) is 3.16. The number of rotatable bonds is 4. The molecule has 1 fully saturated rings. The van der Waals surface area contributed by atoms with Crippen LogP contribution in [0.3, 0.4) is 0 Å². The van der Waals surface area contributed by atoms with Crippen LogP contribution in [-0.2, 0) is 0 Å². The first-order valence-electron chi connectivity index (χ1n) is 6.48. The van der Waals surface area contributed by atoms with Gasteiger partial charge >= 0.3 is 0 Å². The van der Waals surface area contributed by atoms with Crippen molar-refractivity contribution in [2.45, 2.75) is 33.1 Å². The molecule has 1 aliphatic rings. The van der Waals surface area contributed by atoms with Crippen molar-refractivity contribution in [3.8, 4) is 0 Å².